The summed E-state index contributed by atoms with van der Waals surface area (Å²) in [4.78, 5) is 16.3. The highest BCUT2D eigenvalue weighted by molar-refractivity contribution is 7.90. The summed E-state index contributed by atoms with van der Waals surface area (Å²) in [5.74, 6) is -1.63. The highest BCUT2D eigenvalue weighted by atomic mass is 32.2. The van der Waals surface area contributed by atoms with Gasteiger partial charge in [-0.15, -0.1) is 0 Å². The summed E-state index contributed by atoms with van der Waals surface area (Å²) in [6.45, 7) is 0.276. The first-order valence-electron chi connectivity index (χ1n) is 9.81. The summed E-state index contributed by atoms with van der Waals surface area (Å²) in [5.41, 5.74) is 1.57. The quantitative estimate of drug-likeness (QED) is 0.324. The van der Waals surface area contributed by atoms with Crippen molar-refractivity contribution in [3.8, 4) is 11.5 Å². The Balaban J connectivity index is 1.44. The highest BCUT2D eigenvalue weighted by Crippen LogP contribution is 2.29. The van der Waals surface area contributed by atoms with E-state index >= 15 is 0 Å². The molecular weight excluding hydrogens is 447 g/mol. The van der Waals surface area contributed by atoms with Gasteiger partial charge in [-0.2, -0.15) is 0 Å². The Morgan fingerprint density at radius 3 is 2.58 bits per heavy atom. The fraction of sp³-hybridized carbons (Fsp3) is 0.0833. The number of rotatable bonds is 6. The average molecular weight is 466 g/mol. The Bertz CT molecular complexity index is 1450. The number of nitrogens with zero attached hydrogens (tertiary/aromatic N) is 1. The predicted octanol–water partition coefficient (Wildman–Crippen LogP) is 4.31. The molecule has 168 valence electrons. The summed E-state index contributed by atoms with van der Waals surface area (Å²) in [5, 5.41) is 13.0. The zero-order valence-electron chi connectivity index (χ0n) is 17.4. The van der Waals surface area contributed by atoms with Gasteiger partial charge in [0.2, 0.25) is 0 Å². The van der Waals surface area contributed by atoms with E-state index in [1.165, 1.54) is 0 Å². The van der Waals surface area contributed by atoms with Crippen molar-refractivity contribution < 1.29 is 27.4 Å². The fourth-order valence-electron chi connectivity index (χ4n) is 3.19. The van der Waals surface area contributed by atoms with E-state index < -0.39 is 32.2 Å². The maximum absolute atomic E-state index is 14.1. The Kier molecular flexibility index (Phi) is 5.97. The number of hydrogen-bond donors (Lipinski definition) is 2. The molecule has 4 aromatic rings. The number of phenolic OH excluding ortho intramolecular Hbond substituents is 1. The van der Waals surface area contributed by atoms with E-state index in [0.29, 0.717) is 11.8 Å². The summed E-state index contributed by atoms with van der Waals surface area (Å²) in [6.07, 6.45) is 2.60. The molecule has 0 aliphatic rings. The first-order chi connectivity index (χ1) is 15.7. The van der Waals surface area contributed by atoms with E-state index in [1.54, 1.807) is 30.5 Å². The summed E-state index contributed by atoms with van der Waals surface area (Å²) < 4.78 is 43.4. The number of aromatic nitrogens is 1. The number of hydrogen-bond acceptors (Lipinski definition) is 6. The topological polar surface area (TPSA) is 106 Å². The molecule has 0 unspecified atom stereocenters. The number of amides is 1. The van der Waals surface area contributed by atoms with Gasteiger partial charge in [0.25, 0.3) is 5.91 Å². The number of halogens is 1. The maximum Gasteiger partial charge on any atom is 0.255 e. The van der Waals surface area contributed by atoms with Gasteiger partial charge in [-0.1, -0.05) is 18.2 Å². The van der Waals surface area contributed by atoms with Gasteiger partial charge in [0.05, 0.1) is 11.2 Å². The van der Waals surface area contributed by atoms with Gasteiger partial charge in [-0.05, 0) is 48.0 Å². The van der Waals surface area contributed by atoms with Crippen LogP contribution in [0, 0.1) is 5.82 Å². The Hall–Kier alpha value is -3.98. The number of ether oxygens (including phenoxy) is 1. The van der Waals surface area contributed by atoms with Crippen LogP contribution in [0.5, 0.6) is 11.5 Å². The lowest BCUT2D eigenvalue weighted by Crippen LogP contribution is -2.14. The number of anilines is 1. The van der Waals surface area contributed by atoms with Gasteiger partial charge in [-0.25, -0.2) is 12.8 Å². The second-order valence-electron chi connectivity index (χ2n) is 7.37. The molecule has 3 aromatic carbocycles. The smallest absolute Gasteiger partial charge is 0.255 e. The van der Waals surface area contributed by atoms with Gasteiger partial charge < -0.3 is 15.2 Å². The number of benzene rings is 3. The Morgan fingerprint density at radius 1 is 1.09 bits per heavy atom. The van der Waals surface area contributed by atoms with Crippen LogP contribution in [0.4, 0.5) is 10.1 Å². The molecule has 0 aliphatic carbocycles. The number of pyridine rings is 1. The molecule has 0 bridgehead atoms. The van der Waals surface area contributed by atoms with Crippen molar-refractivity contribution in [1.82, 2.24) is 4.98 Å². The van der Waals surface area contributed by atoms with Crippen LogP contribution >= 0.6 is 0 Å². The SMILES string of the molecule is CS(=O)(=O)c1cc(NC(=O)c2ccc(COc3ccc4ncccc4c3)cc2)c(F)cc1O. The minimum atomic E-state index is -3.81. The van der Waals surface area contributed by atoms with Crippen molar-refractivity contribution >= 4 is 32.3 Å². The molecule has 9 heteroatoms. The second-order valence-corrected chi connectivity index (χ2v) is 9.35. The zero-order chi connectivity index (χ0) is 23.6. The van der Waals surface area contributed by atoms with Crippen LogP contribution in [-0.2, 0) is 16.4 Å². The zero-order valence-corrected chi connectivity index (χ0v) is 18.3. The average Bonchev–Trinajstić information content (AvgIpc) is 2.78. The minimum absolute atomic E-state index is 0.240. The first kappa shape index (κ1) is 22.2. The van der Waals surface area contributed by atoms with E-state index in [0.717, 1.165) is 28.8 Å². The summed E-state index contributed by atoms with van der Waals surface area (Å²) in [7, 11) is -3.81. The molecule has 33 heavy (non-hydrogen) atoms. The molecule has 0 radical (unpaired) electrons. The normalized spacial score (nSPS) is 11.3. The van der Waals surface area contributed by atoms with E-state index in [2.05, 4.69) is 10.3 Å². The second kappa shape index (κ2) is 8.87. The van der Waals surface area contributed by atoms with Crippen LogP contribution in [0.15, 0.2) is 77.8 Å². The molecule has 0 aliphatic heterocycles. The van der Waals surface area contributed by atoms with Crippen LogP contribution in [0.1, 0.15) is 15.9 Å². The van der Waals surface area contributed by atoms with E-state index in [1.807, 2.05) is 30.3 Å². The van der Waals surface area contributed by atoms with Crippen molar-refractivity contribution in [2.24, 2.45) is 0 Å². The number of sulfone groups is 1. The molecule has 1 aromatic heterocycles. The molecule has 4 rings (SSSR count). The summed E-state index contributed by atoms with van der Waals surface area (Å²) in [6, 6.07) is 17.4. The number of aromatic hydroxyl groups is 1. The Morgan fingerprint density at radius 2 is 1.85 bits per heavy atom. The lowest BCUT2D eigenvalue weighted by atomic mass is 10.1. The molecule has 0 saturated heterocycles. The number of fused-ring (bicyclic) bond motifs is 1. The third kappa shape index (κ3) is 5.09. The molecule has 1 heterocycles. The van der Waals surface area contributed by atoms with E-state index in [4.69, 9.17) is 4.74 Å². The van der Waals surface area contributed by atoms with Gasteiger partial charge in [0.15, 0.2) is 9.84 Å². The standard InChI is InChI=1S/C24H19FN2O5S/c1-33(30,31)23-13-21(19(25)12-22(23)28)27-24(29)16-6-4-15(5-7-16)14-32-18-8-9-20-17(11-18)3-2-10-26-20/h2-13,28H,14H2,1H3,(H,27,29). The molecule has 2 N–H and O–H groups in total. The number of carbonyl (C=O) groups excluding carboxylic acids is 1. The fourth-order valence-corrected chi connectivity index (χ4v) is 3.96. The molecular formula is C24H19FN2O5S. The third-order valence-electron chi connectivity index (χ3n) is 4.89. The van der Waals surface area contributed by atoms with Crippen LogP contribution in [0.3, 0.4) is 0 Å². The van der Waals surface area contributed by atoms with Crippen molar-refractivity contribution in [2.75, 3.05) is 11.6 Å². The van der Waals surface area contributed by atoms with Gasteiger partial charge in [0.1, 0.15) is 28.8 Å². The predicted molar refractivity (Wildman–Crippen MR) is 122 cm³/mol. The molecule has 7 nitrogen and oxygen atoms in total. The monoisotopic (exact) mass is 466 g/mol. The van der Waals surface area contributed by atoms with Crippen LogP contribution in [0.25, 0.3) is 10.9 Å². The number of carbonyl (C=O) groups is 1. The van der Waals surface area contributed by atoms with Crippen molar-refractivity contribution in [3.05, 3.63) is 89.9 Å². The lowest BCUT2D eigenvalue weighted by molar-refractivity contribution is 0.102. The van der Waals surface area contributed by atoms with Crippen LogP contribution in [-0.4, -0.2) is 30.7 Å². The number of nitrogens with one attached hydrogen (secondary N) is 1. The van der Waals surface area contributed by atoms with E-state index in [-0.39, 0.29) is 17.9 Å². The maximum atomic E-state index is 14.1. The Labute approximate surface area is 189 Å². The molecule has 1 amide bonds. The van der Waals surface area contributed by atoms with Crippen molar-refractivity contribution in [1.29, 1.82) is 0 Å². The molecule has 0 fully saturated rings. The summed E-state index contributed by atoms with van der Waals surface area (Å²) >= 11 is 0. The molecule has 0 saturated carbocycles. The van der Waals surface area contributed by atoms with E-state index in [9.17, 15) is 22.7 Å². The minimum Gasteiger partial charge on any atom is -0.506 e. The van der Waals surface area contributed by atoms with Gasteiger partial charge >= 0.3 is 0 Å². The van der Waals surface area contributed by atoms with Gasteiger partial charge in [0, 0.05) is 29.5 Å². The largest absolute Gasteiger partial charge is 0.506 e. The lowest BCUT2D eigenvalue weighted by Gasteiger charge is -2.11. The van der Waals surface area contributed by atoms with Gasteiger partial charge in [-0.3, -0.25) is 9.78 Å². The van der Waals surface area contributed by atoms with Crippen LogP contribution in [0.2, 0.25) is 0 Å². The van der Waals surface area contributed by atoms with Crippen LogP contribution < -0.4 is 10.1 Å². The molecule has 0 spiro atoms. The first-order valence-corrected chi connectivity index (χ1v) is 11.7. The highest BCUT2D eigenvalue weighted by Gasteiger charge is 2.19. The molecule has 0 atom stereocenters. The third-order valence-corrected chi connectivity index (χ3v) is 6.02. The van der Waals surface area contributed by atoms with Crippen molar-refractivity contribution in [2.45, 2.75) is 11.5 Å². The van der Waals surface area contributed by atoms with Crippen molar-refractivity contribution in [3.63, 3.8) is 0 Å². The number of phenols is 1.